The Kier molecular flexibility index (Phi) is 6.12. The normalized spacial score (nSPS) is 16.9. The number of aryl methyl sites for hydroxylation is 1. The summed E-state index contributed by atoms with van der Waals surface area (Å²) in [5, 5.41) is 3.22. The molecule has 2 rings (SSSR count). The molecule has 1 heterocycles. The summed E-state index contributed by atoms with van der Waals surface area (Å²) in [7, 11) is 0. The van der Waals surface area contributed by atoms with Gasteiger partial charge in [-0.25, -0.2) is 0 Å². The molecular weight excluding hydrogens is 280 g/mol. The summed E-state index contributed by atoms with van der Waals surface area (Å²) in [4.78, 5) is 16.1. The zero-order chi connectivity index (χ0) is 15.2. The first-order chi connectivity index (χ1) is 10.1. The summed E-state index contributed by atoms with van der Waals surface area (Å²) in [5.74, 6) is 0.0809. The first-order valence-electron chi connectivity index (χ1n) is 7.82. The number of benzene rings is 1. The summed E-state index contributed by atoms with van der Waals surface area (Å²) < 4.78 is 0. The van der Waals surface area contributed by atoms with Gasteiger partial charge in [0.25, 0.3) is 5.91 Å². The number of hydrogen-bond donors (Lipinski definition) is 1. The molecule has 3 nitrogen and oxygen atoms in total. The van der Waals surface area contributed by atoms with E-state index in [0.29, 0.717) is 6.04 Å². The Morgan fingerprint density at radius 3 is 2.71 bits per heavy atom. The van der Waals surface area contributed by atoms with Gasteiger partial charge in [-0.15, -0.1) is 11.8 Å². The van der Waals surface area contributed by atoms with E-state index in [1.807, 2.05) is 25.3 Å². The van der Waals surface area contributed by atoms with Crippen LogP contribution in [0, 0.1) is 6.92 Å². The van der Waals surface area contributed by atoms with Crippen LogP contribution in [0.5, 0.6) is 0 Å². The molecule has 1 aliphatic heterocycles. The highest BCUT2D eigenvalue weighted by Crippen LogP contribution is 2.20. The van der Waals surface area contributed by atoms with Crippen molar-refractivity contribution in [1.29, 1.82) is 0 Å². The molecule has 4 heteroatoms. The van der Waals surface area contributed by atoms with Crippen LogP contribution in [0.1, 0.15) is 42.1 Å². The third kappa shape index (κ3) is 4.48. The maximum Gasteiger partial charge on any atom is 0.251 e. The van der Waals surface area contributed by atoms with Gasteiger partial charge >= 0.3 is 0 Å². The fourth-order valence-corrected chi connectivity index (χ4v) is 3.29. The number of hydrogen-bond acceptors (Lipinski definition) is 3. The SMILES string of the molecule is CCCN1CCC(NC(=O)c2cc(SC)ccc2C)CC1. The molecule has 1 aromatic carbocycles. The van der Waals surface area contributed by atoms with Gasteiger partial charge in [0.05, 0.1) is 0 Å². The number of carbonyl (C=O) groups excluding carboxylic acids is 1. The van der Waals surface area contributed by atoms with Crippen molar-refractivity contribution in [1.82, 2.24) is 10.2 Å². The third-order valence-corrected chi connectivity index (χ3v) is 4.88. The van der Waals surface area contributed by atoms with Crippen molar-refractivity contribution in [3.8, 4) is 0 Å². The van der Waals surface area contributed by atoms with Crippen LogP contribution in [-0.2, 0) is 0 Å². The van der Waals surface area contributed by atoms with E-state index in [1.54, 1.807) is 11.8 Å². The maximum absolute atomic E-state index is 12.5. The molecule has 0 spiro atoms. The standard InChI is InChI=1S/C17H26N2OS/c1-4-9-19-10-7-14(8-11-19)18-17(20)16-12-15(21-3)6-5-13(16)2/h5-6,12,14H,4,7-11H2,1-3H3,(H,18,20). The number of piperidine rings is 1. The largest absolute Gasteiger partial charge is 0.349 e. The number of nitrogens with one attached hydrogen (secondary N) is 1. The zero-order valence-corrected chi connectivity index (χ0v) is 14.1. The summed E-state index contributed by atoms with van der Waals surface area (Å²) >= 11 is 1.67. The predicted molar refractivity (Wildman–Crippen MR) is 90.2 cm³/mol. The van der Waals surface area contributed by atoms with Gasteiger partial charge in [0.1, 0.15) is 0 Å². The van der Waals surface area contributed by atoms with Crippen LogP contribution in [0.3, 0.4) is 0 Å². The lowest BCUT2D eigenvalue weighted by atomic mass is 10.0. The van der Waals surface area contributed by atoms with Gasteiger partial charge in [-0.1, -0.05) is 13.0 Å². The molecule has 1 fully saturated rings. The predicted octanol–water partition coefficient (Wildman–Crippen LogP) is 3.32. The molecular formula is C17H26N2OS. The highest BCUT2D eigenvalue weighted by Gasteiger charge is 2.21. The average Bonchev–Trinajstić information content (AvgIpc) is 2.50. The fourth-order valence-electron chi connectivity index (χ4n) is 2.85. The second-order valence-corrected chi connectivity index (χ2v) is 6.65. The summed E-state index contributed by atoms with van der Waals surface area (Å²) in [6, 6.07) is 6.43. The molecule has 0 aromatic heterocycles. The van der Waals surface area contributed by atoms with Crippen LogP contribution in [0.2, 0.25) is 0 Å². The van der Waals surface area contributed by atoms with E-state index in [9.17, 15) is 4.79 Å². The minimum atomic E-state index is 0.0809. The third-order valence-electron chi connectivity index (χ3n) is 4.15. The smallest absolute Gasteiger partial charge is 0.251 e. The highest BCUT2D eigenvalue weighted by molar-refractivity contribution is 7.98. The molecule has 0 bridgehead atoms. The lowest BCUT2D eigenvalue weighted by Gasteiger charge is -2.32. The van der Waals surface area contributed by atoms with Crippen LogP contribution in [0.25, 0.3) is 0 Å². The van der Waals surface area contributed by atoms with Gasteiger partial charge < -0.3 is 10.2 Å². The van der Waals surface area contributed by atoms with E-state index < -0.39 is 0 Å². The van der Waals surface area contributed by atoms with Crippen molar-refractivity contribution in [3.05, 3.63) is 29.3 Å². The van der Waals surface area contributed by atoms with Crippen molar-refractivity contribution in [2.24, 2.45) is 0 Å². The molecule has 0 atom stereocenters. The van der Waals surface area contributed by atoms with E-state index in [0.717, 1.165) is 42.0 Å². The van der Waals surface area contributed by atoms with Crippen molar-refractivity contribution in [2.75, 3.05) is 25.9 Å². The van der Waals surface area contributed by atoms with Gasteiger partial charge in [-0.05, 0) is 56.7 Å². The molecule has 1 N–H and O–H groups in total. The lowest BCUT2D eigenvalue weighted by Crippen LogP contribution is -2.44. The molecule has 116 valence electrons. The molecule has 1 saturated heterocycles. The van der Waals surface area contributed by atoms with Gasteiger partial charge in [0, 0.05) is 29.6 Å². The molecule has 21 heavy (non-hydrogen) atoms. The highest BCUT2D eigenvalue weighted by atomic mass is 32.2. The zero-order valence-electron chi connectivity index (χ0n) is 13.3. The number of rotatable bonds is 5. The van der Waals surface area contributed by atoms with Gasteiger partial charge in [-0.3, -0.25) is 4.79 Å². The number of carbonyl (C=O) groups is 1. The van der Waals surface area contributed by atoms with E-state index in [4.69, 9.17) is 0 Å². The van der Waals surface area contributed by atoms with Crippen LogP contribution in [0.4, 0.5) is 0 Å². The van der Waals surface area contributed by atoms with Crippen LogP contribution < -0.4 is 5.32 Å². The Balaban J connectivity index is 1.93. The van der Waals surface area contributed by atoms with E-state index in [-0.39, 0.29) is 5.91 Å². The quantitative estimate of drug-likeness (QED) is 0.847. The van der Waals surface area contributed by atoms with Crippen molar-refractivity contribution in [2.45, 2.75) is 44.0 Å². The number of likely N-dealkylation sites (tertiary alicyclic amines) is 1. The first kappa shape index (κ1) is 16.4. The molecule has 1 aliphatic rings. The second kappa shape index (κ2) is 7.85. The van der Waals surface area contributed by atoms with Crippen molar-refractivity contribution < 1.29 is 4.79 Å². The Morgan fingerprint density at radius 2 is 2.10 bits per heavy atom. The minimum absolute atomic E-state index is 0.0809. The van der Waals surface area contributed by atoms with Gasteiger partial charge in [0.2, 0.25) is 0 Å². The summed E-state index contributed by atoms with van der Waals surface area (Å²) in [5.41, 5.74) is 1.87. The van der Waals surface area contributed by atoms with Gasteiger partial charge in [-0.2, -0.15) is 0 Å². The van der Waals surface area contributed by atoms with E-state index in [1.165, 1.54) is 13.0 Å². The lowest BCUT2D eigenvalue weighted by molar-refractivity contribution is 0.0910. The number of nitrogens with zero attached hydrogens (tertiary/aromatic N) is 1. The Labute approximate surface area is 132 Å². The second-order valence-electron chi connectivity index (χ2n) is 5.77. The molecule has 1 aromatic rings. The van der Waals surface area contributed by atoms with E-state index in [2.05, 4.69) is 23.2 Å². The Morgan fingerprint density at radius 1 is 1.38 bits per heavy atom. The van der Waals surface area contributed by atoms with Crippen molar-refractivity contribution >= 4 is 17.7 Å². The first-order valence-corrected chi connectivity index (χ1v) is 9.04. The van der Waals surface area contributed by atoms with Crippen LogP contribution >= 0.6 is 11.8 Å². The molecule has 0 saturated carbocycles. The van der Waals surface area contributed by atoms with Crippen molar-refractivity contribution in [3.63, 3.8) is 0 Å². The number of amides is 1. The molecule has 0 unspecified atom stereocenters. The topological polar surface area (TPSA) is 32.3 Å². The minimum Gasteiger partial charge on any atom is -0.349 e. The summed E-state index contributed by atoms with van der Waals surface area (Å²) in [6.07, 6.45) is 5.37. The van der Waals surface area contributed by atoms with Crippen LogP contribution in [0.15, 0.2) is 23.1 Å². The molecule has 1 amide bonds. The Hall–Kier alpha value is -1.00. The average molecular weight is 306 g/mol. The molecule has 0 aliphatic carbocycles. The summed E-state index contributed by atoms with van der Waals surface area (Å²) in [6.45, 7) is 7.60. The van der Waals surface area contributed by atoms with Gasteiger partial charge in [0.15, 0.2) is 0 Å². The molecule has 0 radical (unpaired) electrons. The number of thioether (sulfide) groups is 1. The maximum atomic E-state index is 12.5. The van der Waals surface area contributed by atoms with Crippen LogP contribution in [-0.4, -0.2) is 42.7 Å². The Bertz CT molecular complexity index is 482. The monoisotopic (exact) mass is 306 g/mol. The van der Waals surface area contributed by atoms with E-state index >= 15 is 0 Å². The fraction of sp³-hybridized carbons (Fsp3) is 0.588.